The maximum absolute atomic E-state index is 11.3. The number of hydrogen-bond donors (Lipinski definition) is 1. The van der Waals surface area contributed by atoms with Crippen molar-refractivity contribution in [2.24, 2.45) is 5.92 Å². The zero-order valence-corrected chi connectivity index (χ0v) is 23.1. The van der Waals surface area contributed by atoms with Crippen LogP contribution < -0.4 is 14.2 Å². The molecular formula is C30H45N3O4. The Balaban J connectivity index is 1.24. The lowest BCUT2D eigenvalue weighted by Gasteiger charge is -2.30. The minimum Gasteiger partial charge on any atom is -0.497 e. The van der Waals surface area contributed by atoms with Crippen LogP contribution in [-0.2, 0) is 13.1 Å². The smallest absolute Gasteiger partial charge is 0.161 e. The van der Waals surface area contributed by atoms with E-state index in [-0.39, 0.29) is 0 Å². The third-order valence-electron chi connectivity index (χ3n) is 7.76. The van der Waals surface area contributed by atoms with Crippen LogP contribution in [0.15, 0.2) is 42.5 Å². The Morgan fingerprint density at radius 2 is 1.68 bits per heavy atom. The molecule has 1 unspecified atom stereocenters. The lowest BCUT2D eigenvalue weighted by molar-refractivity contribution is 0.0162. The summed E-state index contributed by atoms with van der Waals surface area (Å²) >= 11 is 0. The summed E-state index contributed by atoms with van der Waals surface area (Å²) in [7, 11) is 5.45. The van der Waals surface area contributed by atoms with Gasteiger partial charge in [0.2, 0.25) is 0 Å². The lowest BCUT2D eigenvalue weighted by Crippen LogP contribution is -2.43. The largest absolute Gasteiger partial charge is 0.497 e. The van der Waals surface area contributed by atoms with E-state index in [9.17, 15) is 5.11 Å². The number of likely N-dealkylation sites (tertiary alicyclic amines) is 2. The number of piperidine rings is 1. The molecule has 7 nitrogen and oxygen atoms in total. The maximum Gasteiger partial charge on any atom is 0.161 e. The van der Waals surface area contributed by atoms with Crippen LogP contribution in [0.25, 0.3) is 0 Å². The molecule has 1 N–H and O–H groups in total. The quantitative estimate of drug-likeness (QED) is 0.464. The summed E-state index contributed by atoms with van der Waals surface area (Å²) in [5, 5.41) is 11.3. The van der Waals surface area contributed by atoms with Crippen LogP contribution in [0.5, 0.6) is 17.2 Å². The van der Waals surface area contributed by atoms with Crippen molar-refractivity contribution in [3.63, 3.8) is 0 Å². The first-order valence-electron chi connectivity index (χ1n) is 13.6. The van der Waals surface area contributed by atoms with Crippen molar-refractivity contribution in [3.8, 4) is 17.2 Å². The summed E-state index contributed by atoms with van der Waals surface area (Å²) in [5.41, 5.74) is 1.67. The fourth-order valence-corrected chi connectivity index (χ4v) is 5.56. The van der Waals surface area contributed by atoms with E-state index in [4.69, 9.17) is 14.2 Å². The first kappa shape index (κ1) is 27.7. The van der Waals surface area contributed by atoms with Gasteiger partial charge in [0.15, 0.2) is 11.5 Å². The molecule has 2 saturated heterocycles. The second kappa shape index (κ2) is 13.0. The molecule has 2 aliphatic rings. The summed E-state index contributed by atoms with van der Waals surface area (Å²) < 4.78 is 17.0. The van der Waals surface area contributed by atoms with E-state index >= 15 is 0 Å². The highest BCUT2D eigenvalue weighted by molar-refractivity contribution is 5.43. The van der Waals surface area contributed by atoms with Crippen molar-refractivity contribution in [2.45, 2.75) is 44.9 Å². The Morgan fingerprint density at radius 1 is 0.946 bits per heavy atom. The van der Waals surface area contributed by atoms with E-state index in [1.807, 2.05) is 18.2 Å². The van der Waals surface area contributed by atoms with Gasteiger partial charge in [0.1, 0.15) is 12.4 Å². The van der Waals surface area contributed by atoms with Gasteiger partial charge in [-0.1, -0.05) is 25.1 Å². The monoisotopic (exact) mass is 511 g/mol. The molecule has 204 valence electrons. The SMILES string of the molecule is COc1ccc(CN(C)CC2(O)CCN(Cc3ccc(OCCN4CCC(C)CC4)c(OC)c3)C2)cc1. The number of methoxy groups -OCH3 is 2. The average molecular weight is 512 g/mol. The molecule has 2 aliphatic heterocycles. The van der Waals surface area contributed by atoms with Crippen molar-refractivity contribution in [2.75, 3.05) is 67.1 Å². The normalized spacial score (nSPS) is 21.5. The predicted octanol–water partition coefficient (Wildman–Crippen LogP) is 3.88. The number of nitrogens with zero attached hydrogens (tertiary/aromatic N) is 3. The number of aliphatic hydroxyl groups is 1. The molecule has 0 aliphatic carbocycles. The van der Waals surface area contributed by atoms with Gasteiger partial charge in [-0.15, -0.1) is 0 Å². The Morgan fingerprint density at radius 3 is 2.38 bits per heavy atom. The van der Waals surface area contributed by atoms with Crippen LogP contribution in [-0.4, -0.2) is 92.5 Å². The molecule has 1 atom stereocenters. The fraction of sp³-hybridized carbons (Fsp3) is 0.600. The van der Waals surface area contributed by atoms with E-state index in [1.54, 1.807) is 14.2 Å². The molecule has 0 bridgehead atoms. The maximum atomic E-state index is 11.3. The summed E-state index contributed by atoms with van der Waals surface area (Å²) in [6.07, 6.45) is 3.33. The van der Waals surface area contributed by atoms with Gasteiger partial charge < -0.3 is 19.3 Å². The van der Waals surface area contributed by atoms with E-state index in [0.29, 0.717) is 19.7 Å². The first-order chi connectivity index (χ1) is 17.9. The van der Waals surface area contributed by atoms with Crippen molar-refractivity contribution < 1.29 is 19.3 Å². The number of likely N-dealkylation sites (N-methyl/N-ethyl adjacent to an activating group) is 1. The predicted molar refractivity (Wildman–Crippen MR) is 147 cm³/mol. The van der Waals surface area contributed by atoms with Gasteiger partial charge in [0, 0.05) is 39.3 Å². The third-order valence-corrected chi connectivity index (χ3v) is 7.76. The number of hydrogen-bond acceptors (Lipinski definition) is 7. The number of β-amino-alcohol motifs (C(OH)–C–C–N with tert-alkyl or cyclic N) is 1. The molecule has 0 radical (unpaired) electrons. The van der Waals surface area contributed by atoms with Gasteiger partial charge in [0.25, 0.3) is 0 Å². The standard InChI is InChI=1S/C30H45N3O4/c1-24-11-14-32(15-12-24)17-18-37-28-10-7-26(19-29(28)36-4)21-33-16-13-30(34,23-33)22-31(2)20-25-5-8-27(35-3)9-6-25/h5-10,19,24,34H,11-18,20-23H2,1-4H3. The highest BCUT2D eigenvalue weighted by atomic mass is 16.5. The van der Waals surface area contributed by atoms with Gasteiger partial charge in [-0.2, -0.15) is 0 Å². The van der Waals surface area contributed by atoms with Crippen molar-refractivity contribution >= 4 is 0 Å². The second-order valence-corrected chi connectivity index (χ2v) is 11.1. The molecule has 0 saturated carbocycles. The Bertz CT molecular complexity index is 977. The molecular weight excluding hydrogens is 466 g/mol. The van der Waals surface area contributed by atoms with E-state index < -0.39 is 5.60 Å². The zero-order valence-electron chi connectivity index (χ0n) is 23.1. The summed E-state index contributed by atoms with van der Waals surface area (Å²) in [5.74, 6) is 3.28. The molecule has 4 rings (SSSR count). The lowest BCUT2D eigenvalue weighted by atomic mass is 9.99. The topological polar surface area (TPSA) is 57.6 Å². The summed E-state index contributed by atoms with van der Waals surface area (Å²) in [6.45, 7) is 10.1. The van der Waals surface area contributed by atoms with Gasteiger partial charge in [-0.25, -0.2) is 0 Å². The average Bonchev–Trinajstić information content (AvgIpc) is 3.25. The molecule has 0 aromatic heterocycles. The van der Waals surface area contributed by atoms with Crippen LogP contribution in [0.3, 0.4) is 0 Å². The molecule has 7 heteroatoms. The van der Waals surface area contributed by atoms with Gasteiger partial charge in [0.05, 0.1) is 19.8 Å². The second-order valence-electron chi connectivity index (χ2n) is 11.1. The van der Waals surface area contributed by atoms with Crippen LogP contribution in [0.1, 0.15) is 37.3 Å². The highest BCUT2D eigenvalue weighted by Gasteiger charge is 2.36. The van der Waals surface area contributed by atoms with Crippen molar-refractivity contribution in [3.05, 3.63) is 53.6 Å². The van der Waals surface area contributed by atoms with Crippen molar-refractivity contribution in [1.82, 2.24) is 14.7 Å². The van der Waals surface area contributed by atoms with Crippen molar-refractivity contribution in [1.29, 1.82) is 0 Å². The number of rotatable bonds is 12. The molecule has 0 amide bonds. The Kier molecular flexibility index (Phi) is 9.71. The molecule has 2 fully saturated rings. The number of benzene rings is 2. The Hall–Kier alpha value is -2.32. The van der Waals surface area contributed by atoms with E-state index in [2.05, 4.69) is 52.9 Å². The fourth-order valence-electron chi connectivity index (χ4n) is 5.56. The van der Waals surface area contributed by atoms with Crippen LogP contribution in [0.4, 0.5) is 0 Å². The minimum atomic E-state index is -0.708. The van der Waals surface area contributed by atoms with Gasteiger partial charge in [-0.3, -0.25) is 14.7 Å². The van der Waals surface area contributed by atoms with E-state index in [0.717, 1.165) is 55.8 Å². The van der Waals surface area contributed by atoms with Crippen LogP contribution in [0, 0.1) is 5.92 Å². The molecule has 37 heavy (non-hydrogen) atoms. The molecule has 2 aromatic carbocycles. The third kappa shape index (κ3) is 8.08. The zero-order chi connectivity index (χ0) is 26.3. The van der Waals surface area contributed by atoms with Crippen LogP contribution in [0.2, 0.25) is 0 Å². The van der Waals surface area contributed by atoms with Gasteiger partial charge >= 0.3 is 0 Å². The summed E-state index contributed by atoms with van der Waals surface area (Å²) in [6, 6.07) is 14.3. The minimum absolute atomic E-state index is 0.640. The van der Waals surface area contributed by atoms with E-state index in [1.165, 1.54) is 37.1 Å². The molecule has 2 heterocycles. The Labute approximate surface area is 222 Å². The number of ether oxygens (including phenoxy) is 3. The highest BCUT2D eigenvalue weighted by Crippen LogP contribution is 2.30. The van der Waals surface area contributed by atoms with Crippen LogP contribution >= 0.6 is 0 Å². The molecule has 2 aromatic rings. The first-order valence-corrected chi connectivity index (χ1v) is 13.6. The van der Waals surface area contributed by atoms with Gasteiger partial charge in [-0.05, 0) is 80.7 Å². The molecule has 0 spiro atoms. The summed E-state index contributed by atoms with van der Waals surface area (Å²) in [4.78, 5) is 7.02.